The van der Waals surface area contributed by atoms with E-state index in [0.717, 1.165) is 38.5 Å². The molecule has 0 aromatic heterocycles. The summed E-state index contributed by atoms with van der Waals surface area (Å²) >= 11 is 0. The molecule has 0 saturated heterocycles. The number of aliphatic hydroxyl groups excluding tert-OH is 3. The summed E-state index contributed by atoms with van der Waals surface area (Å²) in [6.45, 7) is 4.24. The molecule has 73 heavy (non-hydrogen) atoms. The lowest BCUT2D eigenvalue weighted by molar-refractivity contribution is -0.124. The smallest absolute Gasteiger partial charge is 0.222 e. The minimum Gasteiger partial charge on any atom is -0.394 e. The van der Waals surface area contributed by atoms with Gasteiger partial charge in [0.15, 0.2) is 0 Å². The van der Waals surface area contributed by atoms with Gasteiger partial charge in [0.25, 0.3) is 0 Å². The van der Waals surface area contributed by atoms with Crippen molar-refractivity contribution in [3.05, 3.63) is 48.6 Å². The van der Waals surface area contributed by atoms with E-state index in [4.69, 9.17) is 0 Å². The molecule has 4 N–H and O–H groups in total. The summed E-state index contributed by atoms with van der Waals surface area (Å²) in [7, 11) is 0. The highest BCUT2D eigenvalue weighted by Crippen LogP contribution is 2.18. The van der Waals surface area contributed by atoms with Gasteiger partial charge in [-0.2, -0.15) is 0 Å². The standard InChI is InChI=1S/C68H129NO4/c1-3-5-7-9-11-13-15-17-19-21-23-25-27-29-30-31-32-33-34-35-36-38-39-41-43-45-47-49-51-53-55-57-59-61-65(71)63-68(73)69-66(64-70)67(72)62-60-58-56-54-52-50-48-46-44-42-40-37-28-26-24-22-20-18-16-14-12-10-8-6-4-2/h31-32,44,46,52,54,60,62,65-67,70-72H,3-30,33-43,45,47-51,53,55-59,61,63-64H2,1-2H3,(H,69,73)/b32-31-,46-44+,54-52+,62-60+. The molecule has 0 aliphatic rings. The van der Waals surface area contributed by atoms with Gasteiger partial charge < -0.3 is 20.6 Å². The van der Waals surface area contributed by atoms with E-state index in [1.807, 2.05) is 6.08 Å². The molecule has 3 unspecified atom stereocenters. The molecule has 430 valence electrons. The number of nitrogens with one attached hydrogen (secondary N) is 1. The van der Waals surface area contributed by atoms with Gasteiger partial charge in [-0.05, 0) is 70.6 Å². The average molecular weight is 1020 g/mol. The summed E-state index contributed by atoms with van der Waals surface area (Å²) in [4.78, 5) is 12.6. The fourth-order valence-electron chi connectivity index (χ4n) is 10.3. The van der Waals surface area contributed by atoms with Crippen LogP contribution in [0.2, 0.25) is 0 Å². The normalized spacial score (nSPS) is 13.4. The van der Waals surface area contributed by atoms with E-state index < -0.39 is 18.2 Å². The first-order chi connectivity index (χ1) is 36.0. The Balaban J connectivity index is 3.55. The molecule has 0 heterocycles. The van der Waals surface area contributed by atoms with Gasteiger partial charge in [-0.1, -0.05) is 326 Å². The topological polar surface area (TPSA) is 89.8 Å². The highest BCUT2D eigenvalue weighted by molar-refractivity contribution is 5.76. The van der Waals surface area contributed by atoms with Crippen molar-refractivity contribution >= 4 is 5.91 Å². The minimum atomic E-state index is -0.962. The number of rotatable bonds is 61. The molecule has 0 spiro atoms. The van der Waals surface area contributed by atoms with Gasteiger partial charge in [0, 0.05) is 0 Å². The second-order valence-electron chi connectivity index (χ2n) is 22.7. The summed E-state index contributed by atoms with van der Waals surface area (Å²) in [5, 5.41) is 33.5. The summed E-state index contributed by atoms with van der Waals surface area (Å²) in [5.74, 6) is -0.325. The molecule has 0 aromatic rings. The number of carbonyl (C=O) groups is 1. The first-order valence-electron chi connectivity index (χ1n) is 32.9. The van der Waals surface area contributed by atoms with Crippen molar-refractivity contribution in [1.82, 2.24) is 5.32 Å². The van der Waals surface area contributed by atoms with Crippen LogP contribution in [0.25, 0.3) is 0 Å². The number of aliphatic hydroxyl groups is 3. The summed E-state index contributed by atoms with van der Waals surface area (Å²) < 4.78 is 0. The van der Waals surface area contributed by atoms with Crippen molar-refractivity contribution in [3.63, 3.8) is 0 Å². The lowest BCUT2D eigenvalue weighted by atomic mass is 10.0. The van der Waals surface area contributed by atoms with Crippen LogP contribution in [0.15, 0.2) is 48.6 Å². The molecule has 0 saturated carbocycles. The molecule has 3 atom stereocenters. The number of amides is 1. The second-order valence-corrected chi connectivity index (χ2v) is 22.7. The molecule has 0 fully saturated rings. The van der Waals surface area contributed by atoms with E-state index in [-0.39, 0.29) is 18.9 Å². The predicted octanol–water partition coefficient (Wildman–Crippen LogP) is 21.1. The molecule has 0 aliphatic heterocycles. The summed E-state index contributed by atoms with van der Waals surface area (Å²) in [6, 6.07) is -0.770. The quantitative estimate of drug-likeness (QED) is 0.0361. The second kappa shape index (κ2) is 62.8. The average Bonchev–Trinajstić information content (AvgIpc) is 3.39. The third kappa shape index (κ3) is 59.4. The zero-order valence-corrected chi connectivity index (χ0v) is 49.3. The zero-order chi connectivity index (χ0) is 52.9. The van der Waals surface area contributed by atoms with Crippen LogP contribution in [0.1, 0.15) is 354 Å². The number of allylic oxidation sites excluding steroid dienone is 7. The maximum absolute atomic E-state index is 12.6. The monoisotopic (exact) mass is 1020 g/mol. The summed E-state index contributed by atoms with van der Waals surface area (Å²) in [6.07, 6.45) is 84.9. The number of unbranched alkanes of at least 4 members (excludes halogenated alkanes) is 46. The van der Waals surface area contributed by atoms with E-state index in [1.54, 1.807) is 6.08 Å². The lowest BCUT2D eigenvalue weighted by Gasteiger charge is -2.21. The first-order valence-corrected chi connectivity index (χ1v) is 32.9. The molecule has 0 aliphatic carbocycles. The third-order valence-corrected chi connectivity index (χ3v) is 15.3. The van der Waals surface area contributed by atoms with Crippen molar-refractivity contribution in [2.45, 2.75) is 372 Å². The Morgan fingerprint density at radius 3 is 0.877 bits per heavy atom. The Hall–Kier alpha value is -1.69. The van der Waals surface area contributed by atoms with Crippen molar-refractivity contribution in [2.75, 3.05) is 6.61 Å². The van der Waals surface area contributed by atoms with E-state index in [2.05, 4.69) is 55.6 Å². The number of hydrogen-bond donors (Lipinski definition) is 4. The van der Waals surface area contributed by atoms with E-state index in [9.17, 15) is 20.1 Å². The Bertz CT molecular complexity index is 1180. The van der Waals surface area contributed by atoms with Crippen LogP contribution in [0.5, 0.6) is 0 Å². The van der Waals surface area contributed by atoms with Crippen LogP contribution in [0, 0.1) is 0 Å². The maximum atomic E-state index is 12.6. The highest BCUT2D eigenvalue weighted by atomic mass is 16.3. The highest BCUT2D eigenvalue weighted by Gasteiger charge is 2.20. The molecule has 0 bridgehead atoms. The van der Waals surface area contributed by atoms with Crippen molar-refractivity contribution < 1.29 is 20.1 Å². The molecular weight excluding hydrogens is 895 g/mol. The van der Waals surface area contributed by atoms with Gasteiger partial charge in [0.05, 0.1) is 31.3 Å². The van der Waals surface area contributed by atoms with E-state index in [0.29, 0.717) is 6.42 Å². The first kappa shape index (κ1) is 71.3. The van der Waals surface area contributed by atoms with Gasteiger partial charge in [0.2, 0.25) is 5.91 Å². The van der Waals surface area contributed by atoms with Crippen LogP contribution in [0.4, 0.5) is 0 Å². The fourth-order valence-corrected chi connectivity index (χ4v) is 10.3. The number of hydrogen-bond acceptors (Lipinski definition) is 4. The van der Waals surface area contributed by atoms with Crippen molar-refractivity contribution in [3.8, 4) is 0 Å². The largest absolute Gasteiger partial charge is 0.394 e. The van der Waals surface area contributed by atoms with Crippen LogP contribution < -0.4 is 5.32 Å². The Morgan fingerprint density at radius 2 is 0.589 bits per heavy atom. The van der Waals surface area contributed by atoms with Crippen LogP contribution in [-0.4, -0.2) is 46.1 Å². The Morgan fingerprint density at radius 1 is 0.342 bits per heavy atom. The molecule has 0 radical (unpaired) electrons. The van der Waals surface area contributed by atoms with E-state index in [1.165, 1.54) is 289 Å². The fraction of sp³-hybridized carbons (Fsp3) is 0.868. The Kier molecular flexibility index (Phi) is 61.4. The number of carbonyl (C=O) groups excluding carboxylic acids is 1. The molecule has 5 nitrogen and oxygen atoms in total. The molecule has 0 rings (SSSR count). The molecule has 5 heteroatoms. The van der Waals surface area contributed by atoms with Gasteiger partial charge in [-0.15, -0.1) is 0 Å². The van der Waals surface area contributed by atoms with Gasteiger partial charge >= 0.3 is 0 Å². The van der Waals surface area contributed by atoms with Gasteiger partial charge in [-0.25, -0.2) is 0 Å². The Labute approximate surface area is 457 Å². The van der Waals surface area contributed by atoms with Crippen molar-refractivity contribution in [1.29, 1.82) is 0 Å². The minimum absolute atomic E-state index is 0.00363. The third-order valence-electron chi connectivity index (χ3n) is 15.3. The maximum Gasteiger partial charge on any atom is 0.222 e. The van der Waals surface area contributed by atoms with Crippen LogP contribution in [0.3, 0.4) is 0 Å². The van der Waals surface area contributed by atoms with Gasteiger partial charge in [-0.3, -0.25) is 4.79 Å². The SMILES string of the molecule is CCCCCCCCCCCCCCCC/C=C\CCCCCCCCCCCCCCCCCC(O)CC(=O)NC(CO)C(O)/C=C/CC/C=C/CC/C=C/CCCCCCCCCCCCCCCCC. The van der Waals surface area contributed by atoms with Crippen LogP contribution >= 0.6 is 0 Å². The molecule has 0 aromatic carbocycles. The van der Waals surface area contributed by atoms with Crippen LogP contribution in [-0.2, 0) is 4.79 Å². The zero-order valence-electron chi connectivity index (χ0n) is 49.3. The van der Waals surface area contributed by atoms with E-state index >= 15 is 0 Å². The lowest BCUT2D eigenvalue weighted by Crippen LogP contribution is -2.45. The van der Waals surface area contributed by atoms with Gasteiger partial charge in [0.1, 0.15) is 0 Å². The molecular formula is C68H129NO4. The summed E-state index contributed by atoms with van der Waals surface area (Å²) in [5.41, 5.74) is 0. The predicted molar refractivity (Wildman–Crippen MR) is 324 cm³/mol. The molecule has 1 amide bonds. The van der Waals surface area contributed by atoms with Crippen molar-refractivity contribution in [2.24, 2.45) is 0 Å².